The Morgan fingerprint density at radius 1 is 1.10 bits per heavy atom. The quantitative estimate of drug-likeness (QED) is 0.812. The third-order valence-corrected chi connectivity index (χ3v) is 5.61. The Labute approximate surface area is 127 Å². The zero-order chi connectivity index (χ0) is 15.0. The largest absolute Gasteiger partial charge is 0.342 e. The summed E-state index contributed by atoms with van der Waals surface area (Å²) in [5.41, 5.74) is 0. The highest BCUT2D eigenvalue weighted by Gasteiger charge is 2.48. The summed E-state index contributed by atoms with van der Waals surface area (Å²) in [6, 6.07) is -0.231. The van der Waals surface area contributed by atoms with Crippen LogP contribution in [0.5, 0.6) is 0 Å². The van der Waals surface area contributed by atoms with Crippen molar-refractivity contribution in [2.45, 2.75) is 83.3 Å². The van der Waals surface area contributed by atoms with Gasteiger partial charge in [-0.15, -0.1) is 0 Å². The van der Waals surface area contributed by atoms with E-state index in [2.05, 4.69) is 12.2 Å². The molecule has 4 atom stereocenters. The van der Waals surface area contributed by atoms with Crippen LogP contribution in [0.2, 0.25) is 0 Å². The third-order valence-electron chi connectivity index (χ3n) is 5.61. The van der Waals surface area contributed by atoms with Gasteiger partial charge >= 0.3 is 0 Å². The predicted octanol–water partition coefficient (Wildman–Crippen LogP) is 2.47. The van der Waals surface area contributed by atoms with Crippen molar-refractivity contribution in [2.24, 2.45) is 11.8 Å². The number of hydrogen-bond acceptors (Lipinski definition) is 2. The molecule has 0 bridgehead atoms. The summed E-state index contributed by atoms with van der Waals surface area (Å²) < 4.78 is 0. The van der Waals surface area contributed by atoms with E-state index in [0.717, 1.165) is 25.7 Å². The number of rotatable bonds is 3. The van der Waals surface area contributed by atoms with Gasteiger partial charge in [-0.05, 0) is 43.9 Å². The minimum atomic E-state index is -0.252. The van der Waals surface area contributed by atoms with Gasteiger partial charge in [0.2, 0.25) is 11.8 Å². The third kappa shape index (κ3) is 2.82. The number of nitrogens with zero attached hydrogens (tertiary/aromatic N) is 1. The molecule has 1 saturated heterocycles. The standard InChI is InChI=1S/C17H28N2O2/c1-3-13-16(20)18-15(12-9-10-12)17(21)19(13)14-8-6-4-5-7-11(14)2/h11-15H,3-10H2,1-2H3,(H,18,20). The number of piperazine rings is 1. The highest BCUT2D eigenvalue weighted by molar-refractivity contribution is 5.97. The number of carbonyl (C=O) groups is 2. The van der Waals surface area contributed by atoms with Gasteiger partial charge in [0.1, 0.15) is 12.1 Å². The normalized spacial score (nSPS) is 38.1. The molecule has 2 saturated carbocycles. The molecule has 4 unspecified atom stereocenters. The highest BCUT2D eigenvalue weighted by Crippen LogP contribution is 2.37. The van der Waals surface area contributed by atoms with Gasteiger partial charge in [-0.1, -0.05) is 33.1 Å². The van der Waals surface area contributed by atoms with Crippen molar-refractivity contribution in [3.05, 3.63) is 0 Å². The molecule has 118 valence electrons. The van der Waals surface area contributed by atoms with Crippen LogP contribution in [-0.4, -0.2) is 34.8 Å². The summed E-state index contributed by atoms with van der Waals surface area (Å²) in [5, 5.41) is 3.00. The van der Waals surface area contributed by atoms with Crippen LogP contribution in [0.4, 0.5) is 0 Å². The Balaban J connectivity index is 1.86. The second-order valence-corrected chi connectivity index (χ2v) is 7.18. The van der Waals surface area contributed by atoms with E-state index in [4.69, 9.17) is 0 Å². The van der Waals surface area contributed by atoms with Gasteiger partial charge < -0.3 is 10.2 Å². The molecule has 1 N–H and O–H groups in total. The van der Waals surface area contributed by atoms with Gasteiger partial charge in [-0.2, -0.15) is 0 Å². The number of hydrogen-bond donors (Lipinski definition) is 1. The maximum absolute atomic E-state index is 13.0. The molecule has 1 heterocycles. The second-order valence-electron chi connectivity index (χ2n) is 7.18. The minimum absolute atomic E-state index is 0.0745. The summed E-state index contributed by atoms with van der Waals surface area (Å²) in [7, 11) is 0. The molecule has 0 aromatic carbocycles. The van der Waals surface area contributed by atoms with E-state index in [1.807, 2.05) is 11.8 Å². The number of carbonyl (C=O) groups excluding carboxylic acids is 2. The van der Waals surface area contributed by atoms with Crippen molar-refractivity contribution in [1.82, 2.24) is 10.2 Å². The van der Waals surface area contributed by atoms with Gasteiger partial charge in [0.05, 0.1) is 0 Å². The molecule has 0 aromatic rings. The first kappa shape index (κ1) is 14.9. The second kappa shape index (κ2) is 5.98. The van der Waals surface area contributed by atoms with Crippen LogP contribution in [0.25, 0.3) is 0 Å². The Kier molecular flexibility index (Phi) is 4.23. The van der Waals surface area contributed by atoms with Crippen molar-refractivity contribution in [1.29, 1.82) is 0 Å². The van der Waals surface area contributed by atoms with Crippen molar-refractivity contribution >= 4 is 11.8 Å². The molecule has 4 nitrogen and oxygen atoms in total. The minimum Gasteiger partial charge on any atom is -0.342 e. The van der Waals surface area contributed by atoms with E-state index >= 15 is 0 Å². The van der Waals surface area contributed by atoms with Crippen molar-refractivity contribution < 1.29 is 9.59 Å². The summed E-state index contributed by atoms with van der Waals surface area (Å²) in [4.78, 5) is 27.4. The average Bonchev–Trinajstić information content (AvgIpc) is 3.29. The molecule has 1 aliphatic heterocycles. The van der Waals surface area contributed by atoms with Crippen LogP contribution >= 0.6 is 0 Å². The molecule has 2 amide bonds. The molecule has 0 radical (unpaired) electrons. The van der Waals surface area contributed by atoms with Gasteiger partial charge in [-0.3, -0.25) is 9.59 Å². The molecule has 3 rings (SSSR count). The van der Waals surface area contributed by atoms with Crippen molar-refractivity contribution in [3.8, 4) is 0 Å². The van der Waals surface area contributed by atoms with Gasteiger partial charge in [0.15, 0.2) is 0 Å². The lowest BCUT2D eigenvalue weighted by Gasteiger charge is -2.45. The highest BCUT2D eigenvalue weighted by atomic mass is 16.2. The summed E-state index contributed by atoms with van der Waals surface area (Å²) >= 11 is 0. The zero-order valence-electron chi connectivity index (χ0n) is 13.3. The molecule has 3 aliphatic rings. The number of nitrogens with one attached hydrogen (secondary N) is 1. The van der Waals surface area contributed by atoms with Crippen LogP contribution in [0.1, 0.15) is 65.2 Å². The summed E-state index contributed by atoms with van der Waals surface area (Å²) in [5.74, 6) is 1.17. The molecule has 3 fully saturated rings. The smallest absolute Gasteiger partial charge is 0.246 e. The Hall–Kier alpha value is -1.06. The number of amides is 2. The van der Waals surface area contributed by atoms with Gasteiger partial charge in [-0.25, -0.2) is 0 Å². The lowest BCUT2D eigenvalue weighted by Crippen LogP contribution is -2.66. The molecular formula is C17H28N2O2. The van der Waals surface area contributed by atoms with E-state index in [0.29, 0.717) is 11.8 Å². The zero-order valence-corrected chi connectivity index (χ0v) is 13.3. The van der Waals surface area contributed by atoms with Crippen LogP contribution in [0, 0.1) is 11.8 Å². The van der Waals surface area contributed by atoms with E-state index in [1.54, 1.807) is 0 Å². The summed E-state index contributed by atoms with van der Waals surface area (Å²) in [6.07, 6.45) is 8.84. The molecule has 21 heavy (non-hydrogen) atoms. The lowest BCUT2D eigenvalue weighted by atomic mass is 9.90. The van der Waals surface area contributed by atoms with Crippen molar-refractivity contribution in [2.75, 3.05) is 0 Å². The summed E-state index contributed by atoms with van der Waals surface area (Å²) in [6.45, 7) is 4.28. The van der Waals surface area contributed by atoms with Crippen LogP contribution in [0.15, 0.2) is 0 Å². The fraction of sp³-hybridized carbons (Fsp3) is 0.882. The molecular weight excluding hydrogens is 264 g/mol. The maximum Gasteiger partial charge on any atom is 0.246 e. The monoisotopic (exact) mass is 292 g/mol. The SMILES string of the molecule is CCC1C(=O)NC(C2CC2)C(=O)N1C1CCCCCC1C. The van der Waals surface area contributed by atoms with E-state index < -0.39 is 0 Å². The van der Waals surface area contributed by atoms with Gasteiger partial charge in [0, 0.05) is 6.04 Å². The van der Waals surface area contributed by atoms with E-state index in [-0.39, 0.29) is 29.9 Å². The Morgan fingerprint density at radius 2 is 1.81 bits per heavy atom. The Bertz CT molecular complexity index is 419. The molecule has 0 aromatic heterocycles. The first-order valence-electron chi connectivity index (χ1n) is 8.76. The molecule has 4 heteroatoms. The molecule has 0 spiro atoms. The maximum atomic E-state index is 13.0. The average molecular weight is 292 g/mol. The predicted molar refractivity (Wildman–Crippen MR) is 81.6 cm³/mol. The van der Waals surface area contributed by atoms with Crippen LogP contribution in [0.3, 0.4) is 0 Å². The topological polar surface area (TPSA) is 49.4 Å². The van der Waals surface area contributed by atoms with Crippen LogP contribution in [-0.2, 0) is 9.59 Å². The van der Waals surface area contributed by atoms with E-state index in [9.17, 15) is 9.59 Å². The lowest BCUT2D eigenvalue weighted by molar-refractivity contribution is -0.154. The fourth-order valence-corrected chi connectivity index (χ4v) is 4.16. The van der Waals surface area contributed by atoms with Gasteiger partial charge in [0.25, 0.3) is 0 Å². The van der Waals surface area contributed by atoms with Crippen molar-refractivity contribution in [3.63, 3.8) is 0 Å². The first-order chi connectivity index (χ1) is 10.1. The van der Waals surface area contributed by atoms with E-state index in [1.165, 1.54) is 25.7 Å². The fourth-order valence-electron chi connectivity index (χ4n) is 4.16. The van der Waals surface area contributed by atoms with Crippen LogP contribution < -0.4 is 5.32 Å². The Morgan fingerprint density at radius 3 is 2.48 bits per heavy atom. The first-order valence-corrected chi connectivity index (χ1v) is 8.76. The molecule has 2 aliphatic carbocycles.